The molecule has 0 saturated heterocycles. The van der Waals surface area contributed by atoms with Crippen LogP contribution in [-0.4, -0.2) is 49.4 Å². The Morgan fingerprint density at radius 1 is 1.10 bits per heavy atom. The van der Waals surface area contributed by atoms with Crippen LogP contribution in [0, 0.1) is 0 Å². The second kappa shape index (κ2) is 10.2. The van der Waals surface area contributed by atoms with E-state index in [1.807, 2.05) is 37.3 Å². The zero-order chi connectivity index (χ0) is 20.6. The Kier molecular flexibility index (Phi) is 7.42. The van der Waals surface area contributed by atoms with Crippen LogP contribution in [0.4, 0.5) is 0 Å². The molecular formula is C24H30N2O3. The Bertz CT molecular complexity index is 872. The standard InChI is InChI=1S/C24H30N2O3/c1-4-26(5-2)14-13-25-24-20-10-8-7-9-19(20)17-29-22-12-11-18(15-21(22)24)16-23(27)28-6-3/h7-12,15H,4-6,13-14,16-17H2,1-3H3/b25-24+. The first kappa shape index (κ1) is 21.1. The number of ether oxygens (including phenoxy) is 2. The molecule has 29 heavy (non-hydrogen) atoms. The van der Waals surface area contributed by atoms with Crippen LogP contribution in [0.3, 0.4) is 0 Å². The maximum atomic E-state index is 12.0. The first-order chi connectivity index (χ1) is 14.2. The third-order valence-electron chi connectivity index (χ3n) is 5.19. The largest absolute Gasteiger partial charge is 0.488 e. The smallest absolute Gasteiger partial charge is 0.310 e. The van der Waals surface area contributed by atoms with E-state index in [1.54, 1.807) is 0 Å². The number of fused-ring (bicyclic) bond motifs is 2. The van der Waals surface area contributed by atoms with Crippen LogP contribution in [0.5, 0.6) is 5.75 Å². The molecule has 0 atom stereocenters. The van der Waals surface area contributed by atoms with Crippen LogP contribution in [-0.2, 0) is 22.6 Å². The number of benzene rings is 2. The molecule has 0 unspecified atom stereocenters. The van der Waals surface area contributed by atoms with Gasteiger partial charge >= 0.3 is 5.97 Å². The number of nitrogens with zero attached hydrogens (tertiary/aromatic N) is 2. The van der Waals surface area contributed by atoms with Gasteiger partial charge in [-0.1, -0.05) is 44.2 Å². The van der Waals surface area contributed by atoms with Gasteiger partial charge in [0.2, 0.25) is 0 Å². The number of esters is 1. The first-order valence-corrected chi connectivity index (χ1v) is 10.4. The van der Waals surface area contributed by atoms with Gasteiger partial charge in [0, 0.05) is 17.7 Å². The van der Waals surface area contributed by atoms with Crippen molar-refractivity contribution in [3.05, 3.63) is 64.7 Å². The molecule has 0 aromatic heterocycles. The summed E-state index contributed by atoms with van der Waals surface area (Å²) in [6.45, 7) is 10.7. The van der Waals surface area contributed by atoms with E-state index in [0.717, 1.165) is 53.3 Å². The predicted octanol–water partition coefficient (Wildman–Crippen LogP) is 3.86. The minimum atomic E-state index is -0.220. The molecule has 0 aliphatic carbocycles. The van der Waals surface area contributed by atoms with Crippen LogP contribution in [0.15, 0.2) is 47.5 Å². The van der Waals surface area contributed by atoms with E-state index in [1.165, 1.54) is 0 Å². The average Bonchev–Trinajstić information content (AvgIpc) is 2.88. The van der Waals surface area contributed by atoms with Crippen molar-refractivity contribution < 1.29 is 14.3 Å². The molecule has 2 aromatic carbocycles. The van der Waals surface area contributed by atoms with Crippen molar-refractivity contribution in [2.75, 3.05) is 32.8 Å². The summed E-state index contributed by atoms with van der Waals surface area (Å²) in [5, 5.41) is 0. The summed E-state index contributed by atoms with van der Waals surface area (Å²) < 4.78 is 11.2. The molecule has 5 heteroatoms. The Labute approximate surface area is 173 Å². The molecule has 1 heterocycles. The molecular weight excluding hydrogens is 364 g/mol. The van der Waals surface area contributed by atoms with Crippen LogP contribution in [0.1, 0.15) is 43.0 Å². The Morgan fingerprint density at radius 2 is 1.90 bits per heavy atom. The van der Waals surface area contributed by atoms with Crippen molar-refractivity contribution in [2.45, 2.75) is 33.8 Å². The van der Waals surface area contributed by atoms with E-state index in [4.69, 9.17) is 14.5 Å². The van der Waals surface area contributed by atoms with Crippen LogP contribution in [0.25, 0.3) is 0 Å². The van der Waals surface area contributed by atoms with Crippen LogP contribution >= 0.6 is 0 Å². The molecule has 5 nitrogen and oxygen atoms in total. The number of carbonyl (C=O) groups is 1. The molecule has 0 radical (unpaired) electrons. The van der Waals surface area contributed by atoms with Gasteiger partial charge in [0.1, 0.15) is 12.4 Å². The van der Waals surface area contributed by atoms with Gasteiger partial charge in [-0.25, -0.2) is 0 Å². The van der Waals surface area contributed by atoms with Crippen molar-refractivity contribution in [1.29, 1.82) is 0 Å². The minimum absolute atomic E-state index is 0.220. The molecule has 1 aliphatic rings. The summed E-state index contributed by atoms with van der Waals surface area (Å²) in [5.41, 5.74) is 5.00. The highest BCUT2D eigenvalue weighted by molar-refractivity contribution is 6.15. The fraction of sp³-hybridized carbons (Fsp3) is 0.417. The molecule has 0 fully saturated rings. The lowest BCUT2D eigenvalue weighted by Crippen LogP contribution is -2.26. The quantitative estimate of drug-likeness (QED) is 0.638. The summed E-state index contributed by atoms with van der Waals surface area (Å²) in [5.74, 6) is 0.581. The molecule has 0 saturated carbocycles. The van der Waals surface area contributed by atoms with Gasteiger partial charge in [-0.05, 0) is 43.3 Å². The minimum Gasteiger partial charge on any atom is -0.488 e. The SMILES string of the molecule is CCOC(=O)Cc1ccc2c(c1)/C(=N/CCN(CC)CC)c1ccccc1CO2. The maximum absolute atomic E-state index is 12.0. The third-order valence-corrected chi connectivity index (χ3v) is 5.19. The molecule has 0 bridgehead atoms. The number of likely N-dealkylation sites (N-methyl/N-ethyl adjacent to an activating group) is 1. The van der Waals surface area contributed by atoms with Gasteiger partial charge in [0.05, 0.1) is 25.3 Å². The van der Waals surface area contributed by atoms with E-state index in [0.29, 0.717) is 19.8 Å². The summed E-state index contributed by atoms with van der Waals surface area (Å²) in [6, 6.07) is 14.1. The Hall–Kier alpha value is -2.66. The number of carbonyl (C=O) groups excluding carboxylic acids is 1. The van der Waals surface area contributed by atoms with Gasteiger partial charge in [0.25, 0.3) is 0 Å². The van der Waals surface area contributed by atoms with Crippen LogP contribution < -0.4 is 4.74 Å². The van der Waals surface area contributed by atoms with E-state index < -0.39 is 0 Å². The molecule has 0 amide bonds. The Balaban J connectivity index is 1.97. The molecule has 2 aromatic rings. The van der Waals surface area contributed by atoms with Crippen molar-refractivity contribution >= 4 is 11.7 Å². The van der Waals surface area contributed by atoms with Gasteiger partial charge in [-0.3, -0.25) is 9.79 Å². The third kappa shape index (κ3) is 5.24. The summed E-state index contributed by atoms with van der Waals surface area (Å²) >= 11 is 0. The van der Waals surface area contributed by atoms with Crippen molar-refractivity contribution in [3.8, 4) is 5.75 Å². The van der Waals surface area contributed by atoms with Gasteiger partial charge < -0.3 is 14.4 Å². The van der Waals surface area contributed by atoms with Crippen LogP contribution in [0.2, 0.25) is 0 Å². The zero-order valence-corrected chi connectivity index (χ0v) is 17.6. The van der Waals surface area contributed by atoms with E-state index in [-0.39, 0.29) is 12.4 Å². The summed E-state index contributed by atoms with van der Waals surface area (Å²) in [6.07, 6.45) is 0.246. The molecule has 3 rings (SSSR count). The highest BCUT2D eigenvalue weighted by Gasteiger charge is 2.21. The number of aliphatic imine (C=N–C) groups is 1. The van der Waals surface area contributed by atoms with Gasteiger partial charge in [-0.2, -0.15) is 0 Å². The second-order valence-electron chi connectivity index (χ2n) is 7.02. The Morgan fingerprint density at radius 3 is 2.66 bits per heavy atom. The second-order valence-corrected chi connectivity index (χ2v) is 7.02. The lowest BCUT2D eigenvalue weighted by molar-refractivity contribution is -0.142. The predicted molar refractivity (Wildman–Crippen MR) is 116 cm³/mol. The average molecular weight is 395 g/mol. The monoisotopic (exact) mass is 394 g/mol. The lowest BCUT2D eigenvalue weighted by Gasteiger charge is -2.17. The van der Waals surface area contributed by atoms with E-state index >= 15 is 0 Å². The zero-order valence-electron chi connectivity index (χ0n) is 17.6. The van der Waals surface area contributed by atoms with Gasteiger partial charge in [-0.15, -0.1) is 0 Å². The van der Waals surface area contributed by atoms with Gasteiger partial charge in [0.15, 0.2) is 0 Å². The molecule has 1 aliphatic heterocycles. The van der Waals surface area contributed by atoms with Crippen molar-refractivity contribution in [2.24, 2.45) is 4.99 Å². The summed E-state index contributed by atoms with van der Waals surface area (Å²) in [4.78, 5) is 19.3. The highest BCUT2D eigenvalue weighted by atomic mass is 16.5. The number of rotatable bonds is 8. The molecule has 0 spiro atoms. The van der Waals surface area contributed by atoms with Crippen molar-refractivity contribution in [1.82, 2.24) is 4.90 Å². The van der Waals surface area contributed by atoms with Crippen molar-refractivity contribution in [3.63, 3.8) is 0 Å². The topological polar surface area (TPSA) is 51.1 Å². The highest BCUT2D eigenvalue weighted by Crippen LogP contribution is 2.30. The summed E-state index contributed by atoms with van der Waals surface area (Å²) in [7, 11) is 0. The molecule has 154 valence electrons. The molecule has 0 N–H and O–H groups in total. The fourth-order valence-corrected chi connectivity index (χ4v) is 3.57. The lowest BCUT2D eigenvalue weighted by atomic mass is 9.96. The fourth-order valence-electron chi connectivity index (χ4n) is 3.57. The normalized spacial score (nSPS) is 14.1. The number of hydrogen-bond donors (Lipinski definition) is 0. The maximum Gasteiger partial charge on any atom is 0.310 e. The van der Waals surface area contributed by atoms with E-state index in [2.05, 4.69) is 30.9 Å². The number of hydrogen-bond acceptors (Lipinski definition) is 5. The van der Waals surface area contributed by atoms with E-state index in [9.17, 15) is 4.79 Å². The first-order valence-electron chi connectivity index (χ1n) is 10.4.